The van der Waals surface area contributed by atoms with Gasteiger partial charge in [-0.1, -0.05) is 64.7 Å². The predicted molar refractivity (Wildman–Crippen MR) is 81.8 cm³/mol. The summed E-state index contributed by atoms with van der Waals surface area (Å²) in [7, 11) is 0. The molecule has 0 aromatic rings. The molecule has 0 spiro atoms. The fourth-order valence-electron chi connectivity index (χ4n) is 1.81. The Morgan fingerprint density at radius 1 is 0.800 bits per heavy atom. The molecule has 4 heteroatoms. The first-order chi connectivity index (χ1) is 9.50. The fourth-order valence-corrected chi connectivity index (χ4v) is 1.81. The Balaban J connectivity index is 0. The number of carboxylic acids is 1. The zero-order chi connectivity index (χ0) is 15.6. The number of rotatable bonds is 11. The van der Waals surface area contributed by atoms with E-state index >= 15 is 0 Å². The van der Waals surface area contributed by atoms with Crippen LogP contribution in [-0.4, -0.2) is 23.7 Å². The van der Waals surface area contributed by atoms with Gasteiger partial charge in [-0.05, 0) is 6.42 Å². The Morgan fingerprint density at radius 3 is 1.50 bits per heavy atom. The van der Waals surface area contributed by atoms with Crippen LogP contribution in [0.4, 0.5) is 0 Å². The van der Waals surface area contributed by atoms with Crippen molar-refractivity contribution >= 4 is 11.9 Å². The molecular formula is C16H32O4. The lowest BCUT2D eigenvalue weighted by molar-refractivity contribution is -0.141. The number of carboxylic acid groups (broad SMARTS) is 1. The zero-order valence-corrected chi connectivity index (χ0v) is 13.5. The molecule has 0 saturated carbocycles. The summed E-state index contributed by atoms with van der Waals surface area (Å²) in [6.45, 7) is 5.41. The van der Waals surface area contributed by atoms with Crippen molar-refractivity contribution in [1.82, 2.24) is 0 Å². The lowest BCUT2D eigenvalue weighted by Crippen LogP contribution is -2.00. The second-order valence-electron chi connectivity index (χ2n) is 5.04. The number of hydrogen-bond acceptors (Lipinski definition) is 3. The van der Waals surface area contributed by atoms with Crippen LogP contribution in [0, 0.1) is 0 Å². The molecule has 0 fully saturated rings. The molecule has 0 aromatic carbocycles. The van der Waals surface area contributed by atoms with Crippen LogP contribution in [0.5, 0.6) is 0 Å². The van der Waals surface area contributed by atoms with Crippen LogP contribution in [0.25, 0.3) is 0 Å². The highest BCUT2D eigenvalue weighted by Gasteiger charge is 1.94. The Kier molecular flexibility index (Phi) is 19.1. The highest BCUT2D eigenvalue weighted by molar-refractivity contribution is 5.65. The van der Waals surface area contributed by atoms with Crippen molar-refractivity contribution < 1.29 is 19.4 Å². The fraction of sp³-hybridized carbons (Fsp3) is 0.875. The number of aliphatic carboxylic acids is 1. The molecule has 4 nitrogen and oxygen atoms in total. The monoisotopic (exact) mass is 288 g/mol. The van der Waals surface area contributed by atoms with E-state index in [2.05, 4.69) is 6.92 Å². The van der Waals surface area contributed by atoms with E-state index in [0.717, 1.165) is 13.3 Å². The van der Waals surface area contributed by atoms with E-state index in [9.17, 15) is 4.79 Å². The number of carbonyl (C=O) groups excluding carboxylic acids is 1. The first-order valence-electron chi connectivity index (χ1n) is 7.83. The maximum Gasteiger partial charge on any atom is 0.302 e. The summed E-state index contributed by atoms with van der Waals surface area (Å²) in [5.41, 5.74) is 0. The number of hydrogen-bond donors (Lipinski definition) is 1. The predicted octanol–water partition coefficient (Wildman–Crippen LogP) is 4.56. The minimum absolute atomic E-state index is 0.157. The Labute approximate surface area is 123 Å². The number of esters is 1. The van der Waals surface area contributed by atoms with Gasteiger partial charge in [-0.3, -0.25) is 9.59 Å². The molecule has 0 aliphatic carbocycles. The van der Waals surface area contributed by atoms with E-state index in [1.807, 2.05) is 0 Å². The van der Waals surface area contributed by atoms with Crippen molar-refractivity contribution in [2.24, 2.45) is 0 Å². The molecule has 120 valence electrons. The van der Waals surface area contributed by atoms with Gasteiger partial charge in [0.2, 0.25) is 0 Å². The minimum atomic E-state index is -0.833. The average Bonchev–Trinajstić information content (AvgIpc) is 2.35. The van der Waals surface area contributed by atoms with Crippen molar-refractivity contribution in [3.05, 3.63) is 0 Å². The van der Waals surface area contributed by atoms with E-state index in [1.54, 1.807) is 0 Å². The third-order valence-corrected chi connectivity index (χ3v) is 2.80. The van der Waals surface area contributed by atoms with Gasteiger partial charge in [0.1, 0.15) is 0 Å². The average molecular weight is 288 g/mol. The summed E-state index contributed by atoms with van der Waals surface area (Å²) in [6, 6.07) is 0. The Hall–Kier alpha value is -1.06. The van der Waals surface area contributed by atoms with Crippen molar-refractivity contribution in [3.8, 4) is 0 Å². The third kappa shape index (κ3) is 30.2. The molecule has 0 bridgehead atoms. The van der Waals surface area contributed by atoms with E-state index in [-0.39, 0.29) is 5.97 Å². The lowest BCUT2D eigenvalue weighted by atomic mass is 10.1. The van der Waals surface area contributed by atoms with Gasteiger partial charge in [-0.2, -0.15) is 0 Å². The van der Waals surface area contributed by atoms with Gasteiger partial charge < -0.3 is 9.84 Å². The molecule has 0 amide bonds. The van der Waals surface area contributed by atoms with Crippen molar-refractivity contribution in [3.63, 3.8) is 0 Å². The van der Waals surface area contributed by atoms with E-state index < -0.39 is 5.97 Å². The van der Waals surface area contributed by atoms with Crippen LogP contribution in [-0.2, 0) is 14.3 Å². The molecule has 0 atom stereocenters. The molecule has 0 heterocycles. The molecule has 0 saturated heterocycles. The Bertz CT molecular complexity index is 223. The van der Waals surface area contributed by atoms with Gasteiger partial charge in [0.15, 0.2) is 0 Å². The highest BCUT2D eigenvalue weighted by atomic mass is 16.5. The molecule has 0 unspecified atom stereocenters. The standard InChI is InChI=1S/C14H28O2.C2H4O2/c1-3-4-5-6-7-8-9-10-11-12-13-16-14(2)15;1-2(3)4/h3-13H2,1-2H3;1H3,(H,3,4). The normalized spacial score (nSPS) is 9.55. The molecule has 0 aromatic heterocycles. The summed E-state index contributed by atoms with van der Waals surface area (Å²) < 4.78 is 4.87. The first-order valence-corrected chi connectivity index (χ1v) is 7.83. The second kappa shape index (κ2) is 17.9. The van der Waals surface area contributed by atoms with Gasteiger partial charge in [0.25, 0.3) is 5.97 Å². The zero-order valence-electron chi connectivity index (χ0n) is 13.5. The van der Waals surface area contributed by atoms with E-state index in [0.29, 0.717) is 6.61 Å². The lowest BCUT2D eigenvalue weighted by Gasteiger charge is -2.02. The maximum atomic E-state index is 10.5. The Morgan fingerprint density at radius 2 is 1.15 bits per heavy atom. The summed E-state index contributed by atoms with van der Waals surface area (Å²) in [5.74, 6) is -0.990. The van der Waals surface area contributed by atoms with Crippen molar-refractivity contribution in [2.75, 3.05) is 6.61 Å². The molecule has 0 rings (SSSR count). The van der Waals surface area contributed by atoms with Gasteiger partial charge in [-0.15, -0.1) is 0 Å². The minimum Gasteiger partial charge on any atom is -0.481 e. The maximum absolute atomic E-state index is 10.5. The molecular weight excluding hydrogens is 256 g/mol. The topological polar surface area (TPSA) is 63.6 Å². The van der Waals surface area contributed by atoms with Crippen molar-refractivity contribution in [2.45, 2.75) is 85.0 Å². The van der Waals surface area contributed by atoms with Gasteiger partial charge in [0, 0.05) is 13.8 Å². The van der Waals surface area contributed by atoms with Gasteiger partial charge in [0.05, 0.1) is 6.61 Å². The molecule has 0 radical (unpaired) electrons. The SMILES string of the molecule is CC(=O)O.CCCCCCCCCCCCOC(C)=O. The third-order valence-electron chi connectivity index (χ3n) is 2.80. The van der Waals surface area contributed by atoms with Crippen LogP contribution in [0.2, 0.25) is 0 Å². The summed E-state index contributed by atoms with van der Waals surface area (Å²) >= 11 is 0. The number of ether oxygens (including phenoxy) is 1. The summed E-state index contributed by atoms with van der Waals surface area (Å²) in [5, 5.41) is 7.42. The smallest absolute Gasteiger partial charge is 0.302 e. The van der Waals surface area contributed by atoms with Gasteiger partial charge in [-0.25, -0.2) is 0 Å². The van der Waals surface area contributed by atoms with Crippen LogP contribution < -0.4 is 0 Å². The number of carbonyl (C=O) groups is 2. The van der Waals surface area contributed by atoms with E-state index in [1.165, 1.54) is 64.7 Å². The first kappa shape index (κ1) is 21.2. The largest absolute Gasteiger partial charge is 0.481 e. The summed E-state index contributed by atoms with van der Waals surface area (Å²) in [6.07, 6.45) is 13.1. The number of unbranched alkanes of at least 4 members (excludes halogenated alkanes) is 9. The van der Waals surface area contributed by atoms with Crippen LogP contribution in [0.3, 0.4) is 0 Å². The van der Waals surface area contributed by atoms with Crippen LogP contribution in [0.15, 0.2) is 0 Å². The van der Waals surface area contributed by atoms with Gasteiger partial charge >= 0.3 is 5.97 Å². The van der Waals surface area contributed by atoms with Crippen LogP contribution in [0.1, 0.15) is 85.0 Å². The molecule has 20 heavy (non-hydrogen) atoms. The molecule has 0 aliphatic heterocycles. The second-order valence-corrected chi connectivity index (χ2v) is 5.04. The van der Waals surface area contributed by atoms with E-state index in [4.69, 9.17) is 14.6 Å². The quantitative estimate of drug-likeness (QED) is 0.447. The van der Waals surface area contributed by atoms with Crippen molar-refractivity contribution in [1.29, 1.82) is 0 Å². The van der Waals surface area contributed by atoms with Crippen LogP contribution >= 0.6 is 0 Å². The summed E-state index contributed by atoms with van der Waals surface area (Å²) in [4.78, 5) is 19.5. The highest BCUT2D eigenvalue weighted by Crippen LogP contribution is 2.10. The molecule has 0 aliphatic rings. The molecule has 1 N–H and O–H groups in total.